The van der Waals surface area contributed by atoms with Gasteiger partial charge in [0.15, 0.2) is 5.06 Å². The number of hydrogen-bond donors (Lipinski definition) is 0. The first-order valence-corrected chi connectivity index (χ1v) is 6.11. The maximum Gasteiger partial charge on any atom is 0.177 e. The van der Waals surface area contributed by atoms with Gasteiger partial charge in [0.05, 0.1) is 6.61 Å². The number of aryl methyl sites for hydroxylation is 1. The summed E-state index contributed by atoms with van der Waals surface area (Å²) in [5.41, 5.74) is 1.27. The number of hydrogen-bond acceptors (Lipinski definition) is 2. The van der Waals surface area contributed by atoms with Crippen molar-refractivity contribution in [2.45, 2.75) is 20.8 Å². The zero-order valence-electron chi connectivity index (χ0n) is 9.41. The standard InChI is InChI=1S/C13H16OS/c1-9(2)8-14-13-10(3)11-6-4-5-7-12(11)15-13/h4-7,9H,8H2,1-3H3. The summed E-state index contributed by atoms with van der Waals surface area (Å²) in [5.74, 6) is 0.578. The smallest absolute Gasteiger partial charge is 0.177 e. The fourth-order valence-corrected chi connectivity index (χ4v) is 2.60. The minimum atomic E-state index is 0.578. The van der Waals surface area contributed by atoms with E-state index in [-0.39, 0.29) is 0 Å². The summed E-state index contributed by atoms with van der Waals surface area (Å²) < 4.78 is 7.12. The second-order valence-corrected chi connectivity index (χ2v) is 5.23. The van der Waals surface area contributed by atoms with Crippen LogP contribution in [0.1, 0.15) is 19.4 Å². The van der Waals surface area contributed by atoms with Crippen LogP contribution in [0.25, 0.3) is 10.1 Å². The van der Waals surface area contributed by atoms with Gasteiger partial charge < -0.3 is 4.74 Å². The number of thiophene rings is 1. The van der Waals surface area contributed by atoms with Gasteiger partial charge in [0, 0.05) is 10.3 Å². The van der Waals surface area contributed by atoms with Crippen molar-refractivity contribution in [2.24, 2.45) is 5.92 Å². The summed E-state index contributed by atoms with van der Waals surface area (Å²) in [7, 11) is 0. The van der Waals surface area contributed by atoms with Crippen LogP contribution in [0.2, 0.25) is 0 Å². The van der Waals surface area contributed by atoms with Crippen LogP contribution >= 0.6 is 11.3 Å². The summed E-state index contributed by atoms with van der Waals surface area (Å²) >= 11 is 1.74. The maximum absolute atomic E-state index is 5.80. The van der Waals surface area contributed by atoms with Crippen LogP contribution in [-0.2, 0) is 0 Å². The Morgan fingerprint density at radius 1 is 1.27 bits per heavy atom. The minimum absolute atomic E-state index is 0.578. The van der Waals surface area contributed by atoms with Gasteiger partial charge in [-0.15, -0.1) is 0 Å². The van der Waals surface area contributed by atoms with E-state index >= 15 is 0 Å². The average Bonchev–Trinajstić information content (AvgIpc) is 2.54. The topological polar surface area (TPSA) is 9.23 Å². The van der Waals surface area contributed by atoms with Gasteiger partial charge in [-0.1, -0.05) is 43.4 Å². The summed E-state index contributed by atoms with van der Waals surface area (Å²) in [6, 6.07) is 8.46. The average molecular weight is 220 g/mol. The lowest BCUT2D eigenvalue weighted by molar-refractivity contribution is 0.277. The first-order chi connectivity index (χ1) is 7.18. The Kier molecular flexibility index (Phi) is 2.96. The molecular weight excluding hydrogens is 204 g/mol. The molecule has 1 nitrogen and oxygen atoms in total. The monoisotopic (exact) mass is 220 g/mol. The number of fused-ring (bicyclic) bond motifs is 1. The van der Waals surface area contributed by atoms with Crippen molar-refractivity contribution in [3.05, 3.63) is 29.8 Å². The van der Waals surface area contributed by atoms with Crippen molar-refractivity contribution in [3.8, 4) is 5.06 Å². The molecule has 1 heterocycles. The molecule has 0 aliphatic carbocycles. The third-order valence-electron chi connectivity index (χ3n) is 2.35. The predicted octanol–water partition coefficient (Wildman–Crippen LogP) is 4.24. The first kappa shape index (κ1) is 10.5. The van der Waals surface area contributed by atoms with Crippen molar-refractivity contribution >= 4 is 21.4 Å². The van der Waals surface area contributed by atoms with Crippen LogP contribution in [0.3, 0.4) is 0 Å². The molecule has 2 heteroatoms. The normalized spacial score (nSPS) is 11.2. The highest BCUT2D eigenvalue weighted by Crippen LogP contribution is 2.36. The largest absolute Gasteiger partial charge is 0.483 e. The fraction of sp³-hybridized carbons (Fsp3) is 0.385. The number of rotatable bonds is 3. The second kappa shape index (κ2) is 4.23. The van der Waals surface area contributed by atoms with Crippen molar-refractivity contribution < 1.29 is 4.74 Å². The Hall–Kier alpha value is -1.02. The molecule has 2 rings (SSSR count). The van der Waals surface area contributed by atoms with E-state index in [1.165, 1.54) is 15.6 Å². The van der Waals surface area contributed by atoms with Gasteiger partial charge in [-0.3, -0.25) is 0 Å². The Morgan fingerprint density at radius 2 is 2.00 bits per heavy atom. The predicted molar refractivity (Wildman–Crippen MR) is 66.9 cm³/mol. The van der Waals surface area contributed by atoms with Crippen LogP contribution in [-0.4, -0.2) is 6.61 Å². The lowest BCUT2D eigenvalue weighted by atomic mass is 10.2. The first-order valence-electron chi connectivity index (χ1n) is 5.29. The molecular formula is C13H16OS. The van der Waals surface area contributed by atoms with Gasteiger partial charge in [0.1, 0.15) is 0 Å². The van der Waals surface area contributed by atoms with E-state index in [9.17, 15) is 0 Å². The zero-order valence-corrected chi connectivity index (χ0v) is 10.2. The molecule has 0 spiro atoms. The summed E-state index contributed by atoms with van der Waals surface area (Å²) in [4.78, 5) is 0. The maximum atomic E-state index is 5.80. The molecule has 0 radical (unpaired) electrons. The molecule has 1 aromatic carbocycles. The third-order valence-corrected chi connectivity index (χ3v) is 3.53. The lowest BCUT2D eigenvalue weighted by Gasteiger charge is -2.06. The SMILES string of the molecule is Cc1c(OCC(C)C)sc2ccccc12. The van der Waals surface area contributed by atoms with Crippen molar-refractivity contribution in [2.75, 3.05) is 6.61 Å². The van der Waals surface area contributed by atoms with E-state index in [1.807, 2.05) is 0 Å². The fourth-order valence-electron chi connectivity index (χ4n) is 1.53. The quantitative estimate of drug-likeness (QED) is 0.751. The molecule has 0 unspecified atom stereocenters. The van der Waals surface area contributed by atoms with Crippen molar-refractivity contribution in [3.63, 3.8) is 0 Å². The minimum Gasteiger partial charge on any atom is -0.483 e. The second-order valence-electron chi connectivity index (χ2n) is 4.22. The molecule has 0 N–H and O–H groups in total. The lowest BCUT2D eigenvalue weighted by Crippen LogP contribution is -2.03. The molecule has 0 bridgehead atoms. The summed E-state index contributed by atoms with van der Waals surface area (Å²) in [6.07, 6.45) is 0. The van der Waals surface area contributed by atoms with Crippen molar-refractivity contribution in [1.29, 1.82) is 0 Å². The zero-order chi connectivity index (χ0) is 10.8. The molecule has 15 heavy (non-hydrogen) atoms. The van der Waals surface area contributed by atoms with Crippen LogP contribution in [0.5, 0.6) is 5.06 Å². The van der Waals surface area contributed by atoms with E-state index in [0.717, 1.165) is 11.7 Å². The van der Waals surface area contributed by atoms with Gasteiger partial charge in [-0.25, -0.2) is 0 Å². The Bertz CT molecular complexity index is 457. The van der Waals surface area contributed by atoms with Crippen LogP contribution in [0, 0.1) is 12.8 Å². The van der Waals surface area contributed by atoms with E-state index < -0.39 is 0 Å². The molecule has 1 aromatic heterocycles. The highest BCUT2D eigenvalue weighted by molar-refractivity contribution is 7.21. The van der Waals surface area contributed by atoms with Crippen LogP contribution in [0.15, 0.2) is 24.3 Å². The highest BCUT2D eigenvalue weighted by atomic mass is 32.1. The van der Waals surface area contributed by atoms with Gasteiger partial charge >= 0.3 is 0 Å². The van der Waals surface area contributed by atoms with E-state index in [4.69, 9.17) is 4.74 Å². The van der Waals surface area contributed by atoms with Crippen molar-refractivity contribution in [1.82, 2.24) is 0 Å². The van der Waals surface area contributed by atoms with Gasteiger partial charge in [-0.2, -0.15) is 0 Å². The van der Waals surface area contributed by atoms with Crippen LogP contribution < -0.4 is 4.74 Å². The van der Waals surface area contributed by atoms with E-state index in [2.05, 4.69) is 45.0 Å². The van der Waals surface area contributed by atoms with E-state index in [1.54, 1.807) is 11.3 Å². The molecule has 0 saturated carbocycles. The number of benzene rings is 1. The molecule has 0 amide bonds. The Morgan fingerprint density at radius 3 is 2.67 bits per heavy atom. The Balaban J connectivity index is 2.32. The molecule has 80 valence electrons. The van der Waals surface area contributed by atoms with Gasteiger partial charge in [0.2, 0.25) is 0 Å². The third kappa shape index (κ3) is 2.15. The van der Waals surface area contributed by atoms with Crippen LogP contribution in [0.4, 0.5) is 0 Å². The van der Waals surface area contributed by atoms with E-state index in [0.29, 0.717) is 5.92 Å². The summed E-state index contributed by atoms with van der Waals surface area (Å²) in [5, 5.41) is 2.39. The molecule has 0 aliphatic rings. The molecule has 0 fully saturated rings. The molecule has 0 saturated heterocycles. The Labute approximate surface area is 94.7 Å². The van der Waals surface area contributed by atoms with Gasteiger partial charge in [0.25, 0.3) is 0 Å². The summed E-state index contributed by atoms with van der Waals surface area (Å²) in [6.45, 7) is 7.27. The molecule has 0 atom stereocenters. The molecule has 0 aliphatic heterocycles. The highest BCUT2D eigenvalue weighted by Gasteiger charge is 2.08. The number of ether oxygens (including phenoxy) is 1. The molecule has 2 aromatic rings. The van der Waals surface area contributed by atoms with Gasteiger partial charge in [-0.05, 0) is 24.3 Å².